The van der Waals surface area contributed by atoms with Crippen LogP contribution in [0.15, 0.2) is 42.5 Å². The summed E-state index contributed by atoms with van der Waals surface area (Å²) in [6.45, 7) is 7.12. The fourth-order valence-electron chi connectivity index (χ4n) is 5.43. The minimum Gasteiger partial charge on any atom is -0.489 e. The van der Waals surface area contributed by atoms with Gasteiger partial charge in [0.1, 0.15) is 18.5 Å². The van der Waals surface area contributed by atoms with Crippen LogP contribution in [0, 0.1) is 13.8 Å². The Morgan fingerprint density at radius 1 is 0.844 bits per heavy atom. The van der Waals surface area contributed by atoms with E-state index < -0.39 is 41.3 Å². The second kappa shape index (κ2) is 12.5. The number of hydrogen-bond acceptors (Lipinski definition) is 4. The minimum atomic E-state index is -6.94. The highest BCUT2D eigenvalue weighted by Crippen LogP contribution is 2.55. The van der Waals surface area contributed by atoms with Crippen molar-refractivity contribution in [1.82, 2.24) is 0 Å². The van der Waals surface area contributed by atoms with Crippen molar-refractivity contribution in [3.8, 4) is 5.75 Å². The van der Waals surface area contributed by atoms with Crippen LogP contribution >= 0.6 is 0 Å². The number of carbonyl (C=O) groups is 1. The first-order chi connectivity index (χ1) is 20.6. The molecule has 0 radical (unpaired) electrons. The molecule has 14 heteroatoms. The van der Waals surface area contributed by atoms with Gasteiger partial charge in [-0.3, -0.25) is 4.79 Å². The minimum absolute atomic E-state index is 0.144. The van der Waals surface area contributed by atoms with E-state index in [0.717, 1.165) is 11.1 Å². The number of aliphatic hydroxyl groups is 1. The molecule has 1 atom stereocenters. The van der Waals surface area contributed by atoms with E-state index in [4.69, 9.17) is 9.47 Å². The van der Waals surface area contributed by atoms with Crippen molar-refractivity contribution in [2.45, 2.75) is 94.7 Å². The van der Waals surface area contributed by atoms with Crippen molar-refractivity contribution >= 4 is 12.0 Å². The lowest BCUT2D eigenvalue weighted by Crippen LogP contribution is -2.69. The Bertz CT molecular complexity index is 1380. The lowest BCUT2D eigenvalue weighted by atomic mass is 9.70. The van der Waals surface area contributed by atoms with Crippen LogP contribution in [0.4, 0.5) is 43.9 Å². The van der Waals surface area contributed by atoms with Crippen LogP contribution in [0.5, 0.6) is 5.75 Å². The summed E-state index contributed by atoms with van der Waals surface area (Å²) in [4.78, 5) is 11.3. The summed E-state index contributed by atoms with van der Waals surface area (Å²) in [5, 5.41) is 9.80. The van der Waals surface area contributed by atoms with Crippen LogP contribution in [-0.2, 0) is 14.9 Å². The molecule has 0 saturated carbocycles. The van der Waals surface area contributed by atoms with E-state index in [9.17, 15) is 53.8 Å². The summed E-state index contributed by atoms with van der Waals surface area (Å²) in [5.41, 5.74) is -4.56. The first-order valence-corrected chi connectivity index (χ1v) is 13.9. The van der Waals surface area contributed by atoms with Crippen LogP contribution in [0.3, 0.4) is 0 Å². The number of ether oxygens (including phenoxy) is 2. The van der Waals surface area contributed by atoms with Gasteiger partial charge in [-0.15, -0.1) is 0 Å². The molecule has 2 aromatic rings. The van der Waals surface area contributed by atoms with E-state index in [1.54, 1.807) is 6.07 Å². The van der Waals surface area contributed by atoms with Crippen LogP contribution < -0.4 is 4.74 Å². The molecular formula is C31H32F10O4. The number of alkyl halides is 10. The van der Waals surface area contributed by atoms with Gasteiger partial charge >= 0.3 is 30.2 Å². The molecule has 1 saturated heterocycles. The van der Waals surface area contributed by atoms with E-state index in [-0.39, 0.29) is 35.9 Å². The molecular weight excluding hydrogens is 626 g/mol. The van der Waals surface area contributed by atoms with E-state index in [0.29, 0.717) is 37.0 Å². The molecule has 1 N–H and O–H groups in total. The Hall–Kier alpha value is -3.29. The highest BCUT2D eigenvalue weighted by Gasteiger charge is 2.83. The maximum atomic E-state index is 14.1. The number of halogens is 10. The second-order valence-corrected chi connectivity index (χ2v) is 11.0. The number of hydrogen-bond donors (Lipinski definition) is 1. The van der Waals surface area contributed by atoms with Crippen LogP contribution in [-0.4, -0.2) is 53.6 Å². The zero-order chi connectivity index (χ0) is 34.2. The van der Waals surface area contributed by atoms with E-state index in [1.165, 1.54) is 25.1 Å². The summed E-state index contributed by atoms with van der Waals surface area (Å²) in [6, 6.07) is 9.59. The molecule has 0 unspecified atom stereocenters. The summed E-state index contributed by atoms with van der Waals surface area (Å²) in [7, 11) is 0. The molecule has 4 nitrogen and oxygen atoms in total. The van der Waals surface area contributed by atoms with Gasteiger partial charge < -0.3 is 14.6 Å². The predicted molar refractivity (Wildman–Crippen MR) is 144 cm³/mol. The number of carbonyl (C=O) groups excluding carboxylic acids is 1. The monoisotopic (exact) mass is 658 g/mol. The van der Waals surface area contributed by atoms with Crippen molar-refractivity contribution in [2.24, 2.45) is 0 Å². The molecule has 0 spiro atoms. The third-order valence-electron chi connectivity index (χ3n) is 8.32. The number of cyclic esters (lactones) is 1. The summed E-state index contributed by atoms with van der Waals surface area (Å²) in [5.74, 6) is -13.5. The second-order valence-electron chi connectivity index (χ2n) is 11.0. The van der Waals surface area contributed by atoms with E-state index >= 15 is 0 Å². The van der Waals surface area contributed by atoms with Gasteiger partial charge in [0.2, 0.25) is 5.60 Å². The molecule has 3 rings (SSSR count). The molecule has 0 aromatic heterocycles. The van der Waals surface area contributed by atoms with Crippen molar-refractivity contribution in [3.05, 3.63) is 70.3 Å². The lowest BCUT2D eigenvalue weighted by molar-refractivity contribution is -0.409. The van der Waals surface area contributed by atoms with Gasteiger partial charge in [0.25, 0.3) is 0 Å². The average Bonchev–Trinajstić information content (AvgIpc) is 3.36. The number of rotatable bonds is 11. The summed E-state index contributed by atoms with van der Waals surface area (Å²) >= 11 is 0. The maximum absolute atomic E-state index is 14.1. The highest BCUT2D eigenvalue weighted by molar-refractivity contribution is 5.71. The molecule has 2 aromatic carbocycles. The Morgan fingerprint density at radius 2 is 1.36 bits per heavy atom. The fourth-order valence-corrected chi connectivity index (χ4v) is 5.43. The van der Waals surface area contributed by atoms with E-state index in [1.807, 2.05) is 32.9 Å². The Labute approximate surface area is 253 Å². The molecule has 0 bridgehead atoms. The van der Waals surface area contributed by atoms with Gasteiger partial charge in [0.15, 0.2) is 0 Å². The molecule has 1 aliphatic rings. The normalized spacial score (nSPS) is 17.2. The van der Waals surface area contributed by atoms with E-state index in [2.05, 4.69) is 0 Å². The predicted octanol–water partition coefficient (Wildman–Crippen LogP) is 8.63. The quantitative estimate of drug-likeness (QED) is 0.194. The first-order valence-electron chi connectivity index (χ1n) is 13.9. The molecule has 0 amide bonds. The van der Waals surface area contributed by atoms with Crippen molar-refractivity contribution in [1.29, 1.82) is 0 Å². The zero-order valence-electron chi connectivity index (χ0n) is 24.7. The third-order valence-corrected chi connectivity index (χ3v) is 8.32. The highest BCUT2D eigenvalue weighted by atomic mass is 19.4. The van der Waals surface area contributed by atoms with Crippen molar-refractivity contribution < 1.29 is 63.3 Å². The molecule has 250 valence electrons. The number of aryl methyl sites for hydroxylation is 2. The Balaban J connectivity index is 1.99. The SMILES string of the molecule is CCC(CC)(c1ccc(C=CC(O)(C(F)(F)C(F)(F)F)C(F)(F)C(F)(F)F)c(C)c1)c1ccc(OC[C@@H]2CCC(=O)O2)c(C)c1. The van der Waals surface area contributed by atoms with Crippen LogP contribution in [0.1, 0.15) is 67.3 Å². The van der Waals surface area contributed by atoms with Gasteiger partial charge in [0, 0.05) is 11.8 Å². The zero-order valence-corrected chi connectivity index (χ0v) is 24.7. The van der Waals surface area contributed by atoms with Gasteiger partial charge in [0.05, 0.1) is 0 Å². The third kappa shape index (κ3) is 6.52. The van der Waals surface area contributed by atoms with Crippen LogP contribution in [0.2, 0.25) is 0 Å². The van der Waals surface area contributed by atoms with Gasteiger partial charge in [-0.25, -0.2) is 0 Å². The van der Waals surface area contributed by atoms with Gasteiger partial charge in [-0.1, -0.05) is 50.3 Å². The topological polar surface area (TPSA) is 55.8 Å². The molecule has 45 heavy (non-hydrogen) atoms. The van der Waals surface area contributed by atoms with Gasteiger partial charge in [-0.2, -0.15) is 43.9 Å². The van der Waals surface area contributed by atoms with Crippen molar-refractivity contribution in [3.63, 3.8) is 0 Å². The smallest absolute Gasteiger partial charge is 0.457 e. The Morgan fingerprint density at radius 3 is 1.78 bits per heavy atom. The molecule has 1 fully saturated rings. The van der Waals surface area contributed by atoms with Gasteiger partial charge in [-0.05, 0) is 73.1 Å². The summed E-state index contributed by atoms with van der Waals surface area (Å²) in [6.07, 6.45) is -13.0. The standard InChI is InChI=1S/C31H32F10O4/c1-5-26(6-2,22-9-11-24(19(4)16-22)44-17-23-10-12-25(42)45-23)21-8-7-20(18(3)15-21)13-14-27(43,28(32,33)30(36,37)38)29(34,35)31(39,40)41/h7-9,11,13-16,23,43H,5-6,10,12,17H2,1-4H3/t23-/m0/s1. The average molecular weight is 659 g/mol. The number of benzene rings is 2. The fraction of sp³-hybridized carbons (Fsp3) is 0.516. The largest absolute Gasteiger partial charge is 0.489 e. The van der Waals surface area contributed by atoms with Crippen LogP contribution in [0.25, 0.3) is 6.08 Å². The van der Waals surface area contributed by atoms with Crippen molar-refractivity contribution in [2.75, 3.05) is 6.61 Å². The first kappa shape index (κ1) is 36.2. The summed E-state index contributed by atoms with van der Waals surface area (Å²) < 4.78 is 145. The Kier molecular flexibility index (Phi) is 10.0. The number of esters is 1. The molecule has 1 aliphatic heterocycles. The molecule has 0 aliphatic carbocycles. The maximum Gasteiger partial charge on any atom is 0.457 e. The lowest BCUT2D eigenvalue weighted by Gasteiger charge is -2.40. The molecule has 1 heterocycles.